The Bertz CT molecular complexity index is 359. The number of nitrogens with zero attached hydrogens (tertiary/aromatic N) is 1. The molecule has 0 aromatic heterocycles. The van der Waals surface area contributed by atoms with E-state index in [1.54, 1.807) is 7.11 Å². The predicted octanol–water partition coefficient (Wildman–Crippen LogP) is 1.86. The van der Waals surface area contributed by atoms with E-state index in [0.717, 1.165) is 31.7 Å². The van der Waals surface area contributed by atoms with E-state index in [9.17, 15) is 4.79 Å². The Morgan fingerprint density at radius 3 is 2.69 bits per heavy atom. The molecule has 0 aliphatic carbocycles. The summed E-state index contributed by atoms with van der Waals surface area (Å²) in [6.07, 6.45) is 1.74. The van der Waals surface area contributed by atoms with Gasteiger partial charge in [-0.25, -0.2) is 0 Å². The molecule has 2 rings (SSSR count). The molecule has 0 radical (unpaired) electrons. The molecule has 1 aromatic carbocycles. The lowest BCUT2D eigenvalue weighted by atomic mass is 10.1. The third-order valence-electron chi connectivity index (χ3n) is 2.90. The second-order valence-corrected chi connectivity index (χ2v) is 4.20. The topological polar surface area (TPSA) is 29.5 Å². The van der Waals surface area contributed by atoms with Crippen LogP contribution < -0.4 is 4.74 Å². The summed E-state index contributed by atoms with van der Waals surface area (Å²) >= 11 is 0. The number of rotatable bonds is 3. The van der Waals surface area contributed by atoms with Crippen molar-refractivity contribution in [2.24, 2.45) is 0 Å². The Kier molecular flexibility index (Phi) is 3.57. The van der Waals surface area contributed by atoms with Gasteiger partial charge in [-0.3, -0.25) is 9.69 Å². The van der Waals surface area contributed by atoms with Crippen LogP contribution >= 0.6 is 0 Å². The van der Waals surface area contributed by atoms with Crippen molar-refractivity contribution < 1.29 is 9.53 Å². The van der Waals surface area contributed by atoms with Crippen molar-refractivity contribution in [1.82, 2.24) is 4.90 Å². The van der Waals surface area contributed by atoms with Gasteiger partial charge < -0.3 is 4.74 Å². The average molecular weight is 219 g/mol. The van der Waals surface area contributed by atoms with Crippen LogP contribution in [0.1, 0.15) is 18.4 Å². The fourth-order valence-electron chi connectivity index (χ4n) is 2.03. The summed E-state index contributed by atoms with van der Waals surface area (Å²) in [5, 5.41) is 0. The number of Topliss-reactive ketones (excluding diaryl/α,β-unsaturated/α-hetero) is 1. The molecule has 86 valence electrons. The SMILES string of the molecule is COc1ccc(CN2CCCC(=O)C2)cc1. The quantitative estimate of drug-likeness (QED) is 0.777. The summed E-state index contributed by atoms with van der Waals surface area (Å²) in [6.45, 7) is 2.49. The number of ether oxygens (including phenoxy) is 1. The zero-order valence-corrected chi connectivity index (χ0v) is 9.61. The van der Waals surface area contributed by atoms with Crippen LogP contribution in [-0.4, -0.2) is 30.9 Å². The van der Waals surface area contributed by atoms with Crippen LogP contribution in [0.4, 0.5) is 0 Å². The maximum absolute atomic E-state index is 11.3. The van der Waals surface area contributed by atoms with Crippen molar-refractivity contribution >= 4 is 5.78 Å². The van der Waals surface area contributed by atoms with Crippen LogP contribution in [0.25, 0.3) is 0 Å². The summed E-state index contributed by atoms with van der Waals surface area (Å²) < 4.78 is 5.11. The van der Waals surface area contributed by atoms with Gasteiger partial charge in [-0.2, -0.15) is 0 Å². The van der Waals surface area contributed by atoms with Gasteiger partial charge in [-0.15, -0.1) is 0 Å². The standard InChI is InChI=1S/C13H17NO2/c1-16-13-6-4-11(5-7-13)9-14-8-2-3-12(15)10-14/h4-7H,2-3,8-10H2,1H3. The van der Waals surface area contributed by atoms with E-state index in [1.807, 2.05) is 12.1 Å². The molecular weight excluding hydrogens is 202 g/mol. The molecule has 0 N–H and O–H groups in total. The van der Waals surface area contributed by atoms with Crippen LogP contribution in [0.5, 0.6) is 5.75 Å². The monoisotopic (exact) mass is 219 g/mol. The maximum atomic E-state index is 11.3. The summed E-state index contributed by atoms with van der Waals surface area (Å²) in [5.41, 5.74) is 1.23. The molecule has 0 bridgehead atoms. The predicted molar refractivity (Wildman–Crippen MR) is 62.5 cm³/mol. The molecule has 16 heavy (non-hydrogen) atoms. The molecule has 0 spiro atoms. The first-order valence-electron chi connectivity index (χ1n) is 5.65. The van der Waals surface area contributed by atoms with Gasteiger partial charge in [0.25, 0.3) is 0 Å². The largest absolute Gasteiger partial charge is 0.497 e. The third kappa shape index (κ3) is 2.83. The number of hydrogen-bond acceptors (Lipinski definition) is 3. The van der Waals surface area contributed by atoms with Crippen LogP contribution in [-0.2, 0) is 11.3 Å². The third-order valence-corrected chi connectivity index (χ3v) is 2.90. The van der Waals surface area contributed by atoms with E-state index in [1.165, 1.54) is 5.56 Å². The van der Waals surface area contributed by atoms with Gasteiger partial charge in [-0.05, 0) is 30.7 Å². The molecule has 1 heterocycles. The molecule has 1 aliphatic rings. The van der Waals surface area contributed by atoms with E-state index in [4.69, 9.17) is 4.74 Å². The lowest BCUT2D eigenvalue weighted by Gasteiger charge is -2.25. The smallest absolute Gasteiger partial charge is 0.146 e. The lowest BCUT2D eigenvalue weighted by molar-refractivity contribution is -0.122. The first-order valence-corrected chi connectivity index (χ1v) is 5.65. The molecule has 0 amide bonds. The summed E-state index contributed by atoms with van der Waals surface area (Å²) in [4.78, 5) is 13.5. The average Bonchev–Trinajstić information content (AvgIpc) is 2.30. The summed E-state index contributed by atoms with van der Waals surface area (Å²) in [6, 6.07) is 8.03. The number of piperidine rings is 1. The minimum absolute atomic E-state index is 0.361. The molecule has 1 aliphatic heterocycles. The van der Waals surface area contributed by atoms with Crippen LogP contribution in [0.2, 0.25) is 0 Å². The molecule has 1 aromatic rings. The van der Waals surface area contributed by atoms with Crippen molar-refractivity contribution in [2.45, 2.75) is 19.4 Å². The minimum atomic E-state index is 0.361. The first-order chi connectivity index (χ1) is 7.78. The zero-order valence-electron chi connectivity index (χ0n) is 9.61. The van der Waals surface area contributed by atoms with Gasteiger partial charge in [0.15, 0.2) is 0 Å². The highest BCUT2D eigenvalue weighted by Gasteiger charge is 2.16. The Labute approximate surface area is 96.0 Å². The van der Waals surface area contributed by atoms with Crippen molar-refractivity contribution in [3.05, 3.63) is 29.8 Å². The van der Waals surface area contributed by atoms with Crippen molar-refractivity contribution in [1.29, 1.82) is 0 Å². The molecule has 0 atom stereocenters. The van der Waals surface area contributed by atoms with E-state index in [-0.39, 0.29) is 0 Å². The van der Waals surface area contributed by atoms with Crippen LogP contribution in [0.15, 0.2) is 24.3 Å². The number of carbonyl (C=O) groups excluding carboxylic acids is 1. The number of benzene rings is 1. The molecule has 0 saturated carbocycles. The number of hydrogen-bond donors (Lipinski definition) is 0. The number of likely N-dealkylation sites (tertiary alicyclic amines) is 1. The molecule has 3 nitrogen and oxygen atoms in total. The van der Waals surface area contributed by atoms with Crippen molar-refractivity contribution in [3.8, 4) is 5.75 Å². The van der Waals surface area contributed by atoms with Gasteiger partial charge in [0.1, 0.15) is 11.5 Å². The molecule has 1 saturated heterocycles. The van der Waals surface area contributed by atoms with E-state index in [2.05, 4.69) is 17.0 Å². The molecule has 0 unspecified atom stereocenters. The normalized spacial score (nSPS) is 17.4. The van der Waals surface area contributed by atoms with Crippen LogP contribution in [0.3, 0.4) is 0 Å². The van der Waals surface area contributed by atoms with E-state index < -0.39 is 0 Å². The second-order valence-electron chi connectivity index (χ2n) is 4.20. The lowest BCUT2D eigenvalue weighted by Crippen LogP contribution is -2.34. The van der Waals surface area contributed by atoms with E-state index in [0.29, 0.717) is 12.3 Å². The fourth-order valence-corrected chi connectivity index (χ4v) is 2.03. The molecular formula is C13H17NO2. The summed E-state index contributed by atoms with van der Waals surface area (Å²) in [7, 11) is 1.66. The number of ketones is 1. The fraction of sp³-hybridized carbons (Fsp3) is 0.462. The van der Waals surface area contributed by atoms with Crippen LogP contribution in [0, 0.1) is 0 Å². The zero-order chi connectivity index (χ0) is 11.4. The van der Waals surface area contributed by atoms with Crippen molar-refractivity contribution in [3.63, 3.8) is 0 Å². The number of carbonyl (C=O) groups is 1. The Hall–Kier alpha value is -1.35. The highest BCUT2D eigenvalue weighted by Crippen LogP contribution is 2.15. The minimum Gasteiger partial charge on any atom is -0.497 e. The van der Waals surface area contributed by atoms with Gasteiger partial charge in [0.05, 0.1) is 13.7 Å². The molecule has 3 heteroatoms. The Morgan fingerprint density at radius 2 is 2.06 bits per heavy atom. The van der Waals surface area contributed by atoms with E-state index >= 15 is 0 Å². The second kappa shape index (κ2) is 5.12. The van der Waals surface area contributed by atoms with Gasteiger partial charge in [-0.1, -0.05) is 12.1 Å². The Morgan fingerprint density at radius 1 is 1.31 bits per heavy atom. The van der Waals surface area contributed by atoms with Gasteiger partial charge >= 0.3 is 0 Å². The summed E-state index contributed by atoms with van der Waals surface area (Å²) in [5.74, 6) is 1.23. The number of methoxy groups -OCH3 is 1. The Balaban J connectivity index is 1.94. The molecule has 1 fully saturated rings. The maximum Gasteiger partial charge on any atom is 0.146 e. The van der Waals surface area contributed by atoms with Gasteiger partial charge in [0, 0.05) is 13.0 Å². The highest BCUT2D eigenvalue weighted by molar-refractivity contribution is 5.81. The highest BCUT2D eigenvalue weighted by atomic mass is 16.5. The van der Waals surface area contributed by atoms with Gasteiger partial charge in [0.2, 0.25) is 0 Å². The van der Waals surface area contributed by atoms with Crippen molar-refractivity contribution in [2.75, 3.05) is 20.2 Å². The first kappa shape index (κ1) is 11.1.